The number of aryl methyl sites for hydroxylation is 1. The van der Waals surface area contributed by atoms with E-state index >= 15 is 0 Å². The Kier molecular flexibility index (Phi) is 6.37. The van der Waals surface area contributed by atoms with E-state index in [2.05, 4.69) is 21.2 Å². The van der Waals surface area contributed by atoms with E-state index in [1.807, 2.05) is 37.3 Å². The largest absolute Gasteiger partial charge is 0.479 e. The molecule has 0 bridgehead atoms. The van der Waals surface area contributed by atoms with Crippen LogP contribution in [0, 0.1) is 6.92 Å². The molecule has 0 unspecified atom stereocenters. The van der Waals surface area contributed by atoms with E-state index < -0.39 is 18.0 Å². The highest BCUT2D eigenvalue weighted by molar-refractivity contribution is 9.10. The fourth-order valence-electron chi connectivity index (χ4n) is 1.94. The minimum absolute atomic E-state index is 0.360. The number of carbonyl (C=O) groups excluding carboxylic acids is 2. The summed E-state index contributed by atoms with van der Waals surface area (Å²) in [5.74, 6) is -0.450. The van der Waals surface area contributed by atoms with Crippen molar-refractivity contribution >= 4 is 33.5 Å². The highest BCUT2D eigenvalue weighted by atomic mass is 79.9. The van der Waals surface area contributed by atoms with Crippen LogP contribution >= 0.6 is 15.9 Å². The Morgan fingerprint density at radius 2 is 1.88 bits per heavy atom. The molecule has 0 aliphatic carbocycles. The van der Waals surface area contributed by atoms with E-state index in [1.54, 1.807) is 25.1 Å². The van der Waals surface area contributed by atoms with Crippen LogP contribution < -0.4 is 10.1 Å². The van der Waals surface area contributed by atoms with Gasteiger partial charge in [-0.1, -0.05) is 28.1 Å². The number of amides is 1. The van der Waals surface area contributed by atoms with Gasteiger partial charge in [-0.2, -0.15) is 0 Å². The molecule has 0 saturated carbocycles. The number of esters is 1. The summed E-state index contributed by atoms with van der Waals surface area (Å²) in [6.45, 7) is 3.14. The van der Waals surface area contributed by atoms with Gasteiger partial charge in [0.2, 0.25) is 0 Å². The Balaban J connectivity index is 1.79. The molecule has 0 aliphatic heterocycles. The lowest BCUT2D eigenvalue weighted by Gasteiger charge is -2.14. The summed E-state index contributed by atoms with van der Waals surface area (Å²) in [5, 5.41) is 2.67. The van der Waals surface area contributed by atoms with Crippen LogP contribution in [0.1, 0.15) is 12.5 Å². The third-order valence-corrected chi connectivity index (χ3v) is 3.63. The van der Waals surface area contributed by atoms with Gasteiger partial charge in [-0.3, -0.25) is 4.79 Å². The maximum Gasteiger partial charge on any atom is 0.347 e. The predicted octanol–water partition coefficient (Wildman–Crippen LogP) is 3.71. The highest BCUT2D eigenvalue weighted by Gasteiger charge is 2.17. The van der Waals surface area contributed by atoms with Crippen molar-refractivity contribution in [3.05, 3.63) is 58.6 Å². The molecule has 5 nitrogen and oxygen atoms in total. The lowest BCUT2D eigenvalue weighted by atomic mass is 10.2. The van der Waals surface area contributed by atoms with Gasteiger partial charge >= 0.3 is 5.97 Å². The second-order valence-corrected chi connectivity index (χ2v) is 6.16. The normalized spacial score (nSPS) is 11.5. The Morgan fingerprint density at radius 1 is 1.17 bits per heavy atom. The van der Waals surface area contributed by atoms with Crippen molar-refractivity contribution in [2.24, 2.45) is 0 Å². The van der Waals surface area contributed by atoms with Gasteiger partial charge in [0.1, 0.15) is 5.75 Å². The van der Waals surface area contributed by atoms with Crippen molar-refractivity contribution < 1.29 is 19.1 Å². The van der Waals surface area contributed by atoms with E-state index in [0.29, 0.717) is 11.4 Å². The van der Waals surface area contributed by atoms with Crippen LogP contribution in [0.2, 0.25) is 0 Å². The van der Waals surface area contributed by atoms with Gasteiger partial charge in [0.15, 0.2) is 12.7 Å². The predicted molar refractivity (Wildman–Crippen MR) is 95.0 cm³/mol. The molecule has 6 heteroatoms. The Morgan fingerprint density at radius 3 is 2.54 bits per heavy atom. The minimum atomic E-state index is -0.807. The Bertz CT molecular complexity index is 715. The van der Waals surface area contributed by atoms with Gasteiger partial charge in [-0.05, 0) is 55.8 Å². The summed E-state index contributed by atoms with van der Waals surface area (Å²) in [4.78, 5) is 23.7. The number of carbonyl (C=O) groups is 2. The molecule has 0 fully saturated rings. The number of ether oxygens (including phenoxy) is 2. The average molecular weight is 392 g/mol. The van der Waals surface area contributed by atoms with Gasteiger partial charge in [0.25, 0.3) is 5.91 Å². The average Bonchev–Trinajstić information content (AvgIpc) is 2.54. The Hall–Kier alpha value is -2.34. The first-order valence-electron chi connectivity index (χ1n) is 7.39. The summed E-state index contributed by atoms with van der Waals surface area (Å²) in [6, 6.07) is 14.5. The molecule has 0 radical (unpaired) electrons. The first-order chi connectivity index (χ1) is 11.4. The SMILES string of the molecule is Cc1cccc(NC(=O)COC(=O)[C@H](C)Oc2ccc(Br)cc2)c1. The number of hydrogen-bond donors (Lipinski definition) is 1. The third kappa shape index (κ3) is 5.70. The topological polar surface area (TPSA) is 64.6 Å². The fourth-order valence-corrected chi connectivity index (χ4v) is 2.20. The molecule has 0 saturated heterocycles. The van der Waals surface area contributed by atoms with Crippen LogP contribution in [-0.4, -0.2) is 24.6 Å². The molecular formula is C18H18BrNO4. The maximum absolute atomic E-state index is 11.9. The second kappa shape index (κ2) is 8.49. The number of rotatable bonds is 6. The van der Waals surface area contributed by atoms with Crippen LogP contribution in [0.15, 0.2) is 53.0 Å². The van der Waals surface area contributed by atoms with Gasteiger partial charge in [0, 0.05) is 10.2 Å². The zero-order chi connectivity index (χ0) is 17.5. The van der Waals surface area contributed by atoms with Crippen LogP contribution in [0.5, 0.6) is 5.75 Å². The molecule has 0 heterocycles. The van der Waals surface area contributed by atoms with Crippen LogP contribution in [0.25, 0.3) is 0 Å². The number of nitrogens with one attached hydrogen (secondary N) is 1. The third-order valence-electron chi connectivity index (χ3n) is 3.11. The van der Waals surface area contributed by atoms with E-state index in [0.717, 1.165) is 10.0 Å². The first kappa shape index (κ1) is 18.0. The van der Waals surface area contributed by atoms with E-state index in [-0.39, 0.29) is 6.61 Å². The molecule has 126 valence electrons. The quantitative estimate of drug-likeness (QED) is 0.762. The Labute approximate surface area is 149 Å². The monoisotopic (exact) mass is 391 g/mol. The molecule has 2 aromatic carbocycles. The van der Waals surface area contributed by atoms with Crippen LogP contribution in [-0.2, 0) is 14.3 Å². The van der Waals surface area contributed by atoms with E-state index in [1.165, 1.54) is 0 Å². The molecule has 1 N–H and O–H groups in total. The van der Waals surface area contributed by atoms with Crippen molar-refractivity contribution in [3.8, 4) is 5.75 Å². The smallest absolute Gasteiger partial charge is 0.347 e. The standard InChI is InChI=1S/C18H18BrNO4/c1-12-4-3-5-15(10-12)20-17(21)11-23-18(22)13(2)24-16-8-6-14(19)7-9-16/h3-10,13H,11H2,1-2H3,(H,20,21)/t13-/m0/s1. The minimum Gasteiger partial charge on any atom is -0.479 e. The molecule has 2 rings (SSSR count). The van der Waals surface area contributed by atoms with Crippen LogP contribution in [0.3, 0.4) is 0 Å². The number of benzene rings is 2. The van der Waals surface area contributed by atoms with Crippen molar-refractivity contribution in [1.82, 2.24) is 0 Å². The van der Waals surface area contributed by atoms with Gasteiger partial charge < -0.3 is 14.8 Å². The number of anilines is 1. The van der Waals surface area contributed by atoms with E-state index in [9.17, 15) is 9.59 Å². The van der Waals surface area contributed by atoms with Crippen molar-refractivity contribution in [2.45, 2.75) is 20.0 Å². The highest BCUT2D eigenvalue weighted by Crippen LogP contribution is 2.17. The summed E-state index contributed by atoms with van der Waals surface area (Å²) < 4.78 is 11.4. The van der Waals surface area contributed by atoms with Gasteiger partial charge in [0.05, 0.1) is 0 Å². The lowest BCUT2D eigenvalue weighted by molar-refractivity contribution is -0.153. The summed E-state index contributed by atoms with van der Waals surface area (Å²) in [5.41, 5.74) is 1.69. The number of halogens is 1. The van der Waals surface area contributed by atoms with Gasteiger partial charge in [-0.15, -0.1) is 0 Å². The maximum atomic E-state index is 11.9. The van der Waals surface area contributed by atoms with E-state index in [4.69, 9.17) is 9.47 Å². The summed E-state index contributed by atoms with van der Waals surface area (Å²) >= 11 is 3.32. The van der Waals surface area contributed by atoms with Crippen molar-refractivity contribution in [3.63, 3.8) is 0 Å². The van der Waals surface area contributed by atoms with Crippen molar-refractivity contribution in [2.75, 3.05) is 11.9 Å². The molecule has 0 spiro atoms. The molecule has 1 atom stereocenters. The van der Waals surface area contributed by atoms with Gasteiger partial charge in [-0.25, -0.2) is 4.79 Å². The lowest BCUT2D eigenvalue weighted by Crippen LogP contribution is -2.29. The summed E-state index contributed by atoms with van der Waals surface area (Å²) in [6.07, 6.45) is -0.807. The second-order valence-electron chi connectivity index (χ2n) is 5.24. The van der Waals surface area contributed by atoms with Crippen LogP contribution in [0.4, 0.5) is 5.69 Å². The number of hydrogen-bond acceptors (Lipinski definition) is 4. The first-order valence-corrected chi connectivity index (χ1v) is 8.19. The fraction of sp³-hybridized carbons (Fsp3) is 0.222. The zero-order valence-corrected chi connectivity index (χ0v) is 15.0. The van der Waals surface area contributed by atoms with Crippen molar-refractivity contribution in [1.29, 1.82) is 0 Å². The molecular weight excluding hydrogens is 374 g/mol. The summed E-state index contributed by atoms with van der Waals surface area (Å²) in [7, 11) is 0. The molecule has 2 aromatic rings. The molecule has 1 amide bonds. The molecule has 0 aliphatic rings. The molecule has 0 aromatic heterocycles. The zero-order valence-electron chi connectivity index (χ0n) is 13.4. The molecule has 24 heavy (non-hydrogen) atoms.